The molecule has 0 aromatic heterocycles. The van der Waals surface area contributed by atoms with E-state index >= 15 is 0 Å². The second kappa shape index (κ2) is 2.99. The summed E-state index contributed by atoms with van der Waals surface area (Å²) in [6.45, 7) is 4.96. The zero-order chi connectivity index (χ0) is 11.5. The first kappa shape index (κ1) is 10.1. The topological polar surface area (TPSA) is 40.6 Å². The molecule has 1 aliphatic carbocycles. The molecule has 2 saturated heterocycles. The van der Waals surface area contributed by atoms with Crippen molar-refractivity contribution < 1.29 is 9.59 Å². The Kier molecular flexibility index (Phi) is 1.89. The number of amides is 3. The molecule has 0 bridgehead atoms. The molecule has 4 nitrogen and oxygen atoms in total. The van der Waals surface area contributed by atoms with Gasteiger partial charge in [-0.3, -0.25) is 9.69 Å². The molecule has 1 unspecified atom stereocenters. The first-order valence-electron chi connectivity index (χ1n) is 6.16. The summed E-state index contributed by atoms with van der Waals surface area (Å²) < 4.78 is 0. The summed E-state index contributed by atoms with van der Waals surface area (Å²) in [6, 6.07) is -0.0268. The van der Waals surface area contributed by atoms with Crippen molar-refractivity contribution in [3.63, 3.8) is 0 Å². The summed E-state index contributed by atoms with van der Waals surface area (Å²) in [6.07, 6.45) is 4.05. The highest BCUT2D eigenvalue weighted by Crippen LogP contribution is 2.43. The lowest BCUT2D eigenvalue weighted by Crippen LogP contribution is -2.49. The second-order valence-corrected chi connectivity index (χ2v) is 5.91. The molecule has 3 aliphatic rings. The number of hydrogen-bond donors (Lipinski definition) is 0. The van der Waals surface area contributed by atoms with Gasteiger partial charge in [0, 0.05) is 12.6 Å². The van der Waals surface area contributed by atoms with Crippen LogP contribution < -0.4 is 0 Å². The van der Waals surface area contributed by atoms with Crippen molar-refractivity contribution in [2.45, 2.75) is 51.6 Å². The molecule has 3 fully saturated rings. The van der Waals surface area contributed by atoms with Gasteiger partial charge in [0.05, 0.1) is 0 Å². The van der Waals surface area contributed by atoms with Crippen LogP contribution in [0.15, 0.2) is 0 Å². The molecule has 4 heteroatoms. The van der Waals surface area contributed by atoms with E-state index in [9.17, 15) is 9.59 Å². The van der Waals surface area contributed by atoms with Crippen LogP contribution in [0.5, 0.6) is 0 Å². The molecular weight excluding hydrogens is 204 g/mol. The number of piperidine rings is 1. The lowest BCUT2D eigenvalue weighted by atomic mass is 9.77. The normalized spacial score (nSPS) is 33.2. The molecule has 0 aromatic carbocycles. The van der Waals surface area contributed by atoms with E-state index in [-0.39, 0.29) is 29.4 Å². The molecular formula is C12H18N2O2. The number of carbonyl (C=O) groups is 2. The summed E-state index contributed by atoms with van der Waals surface area (Å²) in [4.78, 5) is 27.8. The van der Waals surface area contributed by atoms with Crippen molar-refractivity contribution >= 4 is 11.9 Å². The fourth-order valence-electron chi connectivity index (χ4n) is 3.10. The van der Waals surface area contributed by atoms with Crippen molar-refractivity contribution in [2.75, 3.05) is 6.54 Å². The molecule has 0 radical (unpaired) electrons. The van der Waals surface area contributed by atoms with Crippen LogP contribution in [0.3, 0.4) is 0 Å². The number of nitrogens with zero attached hydrogens (tertiary/aromatic N) is 2. The zero-order valence-electron chi connectivity index (χ0n) is 9.90. The Balaban J connectivity index is 1.95. The molecule has 0 N–H and O–H groups in total. The fraction of sp³-hybridized carbons (Fsp3) is 0.833. The lowest BCUT2D eigenvalue weighted by Gasteiger charge is -2.39. The average molecular weight is 222 g/mol. The van der Waals surface area contributed by atoms with E-state index in [0.717, 1.165) is 32.2 Å². The Morgan fingerprint density at radius 3 is 2.50 bits per heavy atom. The molecule has 1 atom stereocenters. The van der Waals surface area contributed by atoms with Gasteiger partial charge >= 0.3 is 6.03 Å². The van der Waals surface area contributed by atoms with Gasteiger partial charge in [-0.15, -0.1) is 0 Å². The molecule has 3 amide bonds. The van der Waals surface area contributed by atoms with E-state index in [1.54, 1.807) is 4.90 Å². The Hall–Kier alpha value is -1.06. The van der Waals surface area contributed by atoms with Gasteiger partial charge < -0.3 is 4.90 Å². The van der Waals surface area contributed by atoms with Crippen molar-refractivity contribution in [1.29, 1.82) is 0 Å². The third-order valence-electron chi connectivity index (χ3n) is 4.11. The van der Waals surface area contributed by atoms with Gasteiger partial charge in [-0.1, -0.05) is 13.8 Å². The molecule has 3 rings (SSSR count). The van der Waals surface area contributed by atoms with Crippen LogP contribution in [0, 0.1) is 5.41 Å². The Bertz CT molecular complexity index is 360. The van der Waals surface area contributed by atoms with Crippen LogP contribution >= 0.6 is 0 Å². The Labute approximate surface area is 95.6 Å². The second-order valence-electron chi connectivity index (χ2n) is 5.91. The third kappa shape index (κ3) is 1.22. The van der Waals surface area contributed by atoms with E-state index in [1.807, 2.05) is 0 Å². The minimum absolute atomic E-state index is 0.0368. The van der Waals surface area contributed by atoms with E-state index in [0.29, 0.717) is 0 Å². The molecule has 88 valence electrons. The zero-order valence-corrected chi connectivity index (χ0v) is 9.90. The van der Waals surface area contributed by atoms with Crippen LogP contribution in [0.4, 0.5) is 4.79 Å². The van der Waals surface area contributed by atoms with Crippen LogP contribution in [-0.4, -0.2) is 40.4 Å². The van der Waals surface area contributed by atoms with Crippen molar-refractivity contribution in [1.82, 2.24) is 9.80 Å². The highest BCUT2D eigenvalue weighted by atomic mass is 16.2. The largest absolute Gasteiger partial charge is 0.327 e. The summed E-state index contributed by atoms with van der Waals surface area (Å²) in [5.41, 5.74) is -0.0609. The van der Waals surface area contributed by atoms with Gasteiger partial charge in [0.1, 0.15) is 6.04 Å². The summed E-state index contributed by atoms with van der Waals surface area (Å²) in [7, 11) is 0. The van der Waals surface area contributed by atoms with E-state index in [1.165, 1.54) is 4.90 Å². The van der Waals surface area contributed by atoms with Crippen LogP contribution in [0.2, 0.25) is 0 Å². The molecule has 16 heavy (non-hydrogen) atoms. The van der Waals surface area contributed by atoms with Crippen LogP contribution in [0.1, 0.15) is 39.5 Å². The van der Waals surface area contributed by atoms with Crippen molar-refractivity contribution in [3.8, 4) is 0 Å². The number of urea groups is 1. The maximum atomic E-state index is 12.3. The van der Waals surface area contributed by atoms with Gasteiger partial charge in [0.15, 0.2) is 0 Å². The minimum Gasteiger partial charge on any atom is -0.312 e. The van der Waals surface area contributed by atoms with E-state index in [2.05, 4.69) is 13.8 Å². The van der Waals surface area contributed by atoms with Gasteiger partial charge in [-0.2, -0.15) is 0 Å². The molecule has 1 saturated carbocycles. The van der Waals surface area contributed by atoms with E-state index in [4.69, 9.17) is 0 Å². The SMILES string of the molecule is CC1(C)CCCN2C(=O)N(C3CC3)C(=O)C21. The summed E-state index contributed by atoms with van der Waals surface area (Å²) >= 11 is 0. The van der Waals surface area contributed by atoms with Crippen molar-refractivity contribution in [2.24, 2.45) is 5.41 Å². The van der Waals surface area contributed by atoms with Gasteiger partial charge in [0.25, 0.3) is 5.91 Å². The van der Waals surface area contributed by atoms with Gasteiger partial charge in [-0.25, -0.2) is 4.79 Å². The number of fused-ring (bicyclic) bond motifs is 1. The molecule has 0 spiro atoms. The highest BCUT2D eigenvalue weighted by Gasteiger charge is 2.56. The Morgan fingerprint density at radius 1 is 1.25 bits per heavy atom. The maximum Gasteiger partial charge on any atom is 0.327 e. The van der Waals surface area contributed by atoms with Gasteiger partial charge in [-0.05, 0) is 31.1 Å². The van der Waals surface area contributed by atoms with E-state index < -0.39 is 0 Å². The van der Waals surface area contributed by atoms with Crippen LogP contribution in [0.25, 0.3) is 0 Å². The summed E-state index contributed by atoms with van der Waals surface area (Å²) in [5.74, 6) is 0.0530. The maximum absolute atomic E-state index is 12.3. The Morgan fingerprint density at radius 2 is 1.94 bits per heavy atom. The number of imide groups is 1. The third-order valence-corrected chi connectivity index (χ3v) is 4.11. The fourth-order valence-corrected chi connectivity index (χ4v) is 3.10. The monoisotopic (exact) mass is 222 g/mol. The molecule has 0 aromatic rings. The lowest BCUT2D eigenvalue weighted by molar-refractivity contribution is -0.132. The number of rotatable bonds is 1. The van der Waals surface area contributed by atoms with Gasteiger partial charge in [0.2, 0.25) is 0 Å². The molecule has 2 heterocycles. The average Bonchev–Trinajstić information content (AvgIpc) is 2.96. The summed E-state index contributed by atoms with van der Waals surface area (Å²) in [5, 5.41) is 0. The predicted octanol–water partition coefficient (Wildman–Crippen LogP) is 1.60. The number of carbonyl (C=O) groups excluding carboxylic acids is 2. The predicted molar refractivity (Wildman–Crippen MR) is 58.8 cm³/mol. The molecule has 2 aliphatic heterocycles. The van der Waals surface area contributed by atoms with Crippen molar-refractivity contribution in [3.05, 3.63) is 0 Å². The highest BCUT2D eigenvalue weighted by molar-refractivity contribution is 6.05. The first-order valence-corrected chi connectivity index (χ1v) is 6.16. The minimum atomic E-state index is -0.200. The standard InChI is InChI=1S/C12H18N2O2/c1-12(2)6-3-7-13-9(12)10(15)14(11(13)16)8-4-5-8/h8-9H,3-7H2,1-2H3. The van der Waals surface area contributed by atoms with Crippen LogP contribution in [-0.2, 0) is 4.79 Å². The number of hydrogen-bond acceptors (Lipinski definition) is 2. The smallest absolute Gasteiger partial charge is 0.312 e. The first-order chi connectivity index (χ1) is 7.52. The quantitative estimate of drug-likeness (QED) is 0.632.